The summed E-state index contributed by atoms with van der Waals surface area (Å²) in [6.07, 6.45) is 5.35. The van der Waals surface area contributed by atoms with Crippen molar-refractivity contribution in [3.8, 4) is 10.6 Å². The molecule has 1 amide bonds. The van der Waals surface area contributed by atoms with Gasteiger partial charge in [-0.15, -0.1) is 11.3 Å². The van der Waals surface area contributed by atoms with Crippen molar-refractivity contribution >= 4 is 57.1 Å². The summed E-state index contributed by atoms with van der Waals surface area (Å²) in [6.45, 7) is 3.70. The predicted octanol–water partition coefficient (Wildman–Crippen LogP) is 4.09. The summed E-state index contributed by atoms with van der Waals surface area (Å²) in [5.41, 5.74) is 1.01. The van der Waals surface area contributed by atoms with Gasteiger partial charge in [0.05, 0.1) is 40.0 Å². The smallest absolute Gasteiger partial charge is 0.306 e. The van der Waals surface area contributed by atoms with Crippen LogP contribution in [0.1, 0.15) is 34.6 Å². The lowest BCUT2D eigenvalue weighted by atomic mass is 9.97. The van der Waals surface area contributed by atoms with E-state index in [2.05, 4.69) is 20.2 Å². The first kappa shape index (κ1) is 26.0. The number of likely N-dealkylation sites (tertiary alicyclic amines) is 1. The van der Waals surface area contributed by atoms with Gasteiger partial charge in [0.25, 0.3) is 5.91 Å². The number of thiophene rings is 1. The van der Waals surface area contributed by atoms with Crippen LogP contribution in [0.5, 0.6) is 0 Å². The molecule has 0 saturated carbocycles. The zero-order valence-corrected chi connectivity index (χ0v) is 22.6. The second kappa shape index (κ2) is 11.4. The number of carbonyl (C=O) groups excluding carboxylic acids is 1. The van der Waals surface area contributed by atoms with Crippen molar-refractivity contribution in [1.82, 2.24) is 19.9 Å². The summed E-state index contributed by atoms with van der Waals surface area (Å²) >= 11 is 9.14. The number of nitrogens with one attached hydrogen (secondary N) is 1. The fourth-order valence-corrected chi connectivity index (χ4v) is 6.77. The van der Waals surface area contributed by atoms with Gasteiger partial charge in [-0.25, -0.2) is 15.0 Å². The van der Waals surface area contributed by atoms with Crippen LogP contribution in [0.15, 0.2) is 23.8 Å². The van der Waals surface area contributed by atoms with Gasteiger partial charge in [-0.05, 0) is 25.3 Å². The van der Waals surface area contributed by atoms with Crippen LogP contribution in [0, 0.1) is 5.92 Å². The van der Waals surface area contributed by atoms with Gasteiger partial charge in [0.1, 0.15) is 11.5 Å². The molecule has 2 N–H and O–H groups in total. The highest BCUT2D eigenvalue weighted by Gasteiger charge is 2.27. The fourth-order valence-electron chi connectivity index (χ4n) is 4.60. The second-order valence-corrected chi connectivity index (χ2v) is 11.5. The Balaban J connectivity index is 1.27. The lowest BCUT2D eigenvalue weighted by Crippen LogP contribution is -2.36. The minimum absolute atomic E-state index is 0.184. The highest BCUT2D eigenvalue weighted by Crippen LogP contribution is 2.37. The first-order valence-corrected chi connectivity index (χ1v) is 14.1. The highest BCUT2D eigenvalue weighted by atomic mass is 35.5. The third-order valence-electron chi connectivity index (χ3n) is 6.69. The summed E-state index contributed by atoms with van der Waals surface area (Å²) in [6, 6.07) is 1.89. The Kier molecular flexibility index (Phi) is 8.01. The Labute approximate surface area is 227 Å². The average molecular weight is 563 g/mol. The van der Waals surface area contributed by atoms with Crippen LogP contribution in [-0.2, 0) is 16.1 Å². The summed E-state index contributed by atoms with van der Waals surface area (Å²) in [4.78, 5) is 43.9. The van der Waals surface area contributed by atoms with Gasteiger partial charge in [-0.2, -0.15) is 0 Å². The molecule has 3 aromatic rings. The maximum Gasteiger partial charge on any atom is 0.306 e. The molecule has 10 nitrogen and oxygen atoms in total. The number of carbonyl (C=O) groups is 2. The van der Waals surface area contributed by atoms with E-state index in [1.807, 2.05) is 16.3 Å². The Morgan fingerprint density at radius 1 is 1.22 bits per heavy atom. The molecule has 0 aromatic carbocycles. The fraction of sp³-hybridized carbons (Fsp3) is 0.458. The van der Waals surface area contributed by atoms with Crippen molar-refractivity contribution in [2.24, 2.45) is 5.92 Å². The molecule has 2 aliphatic heterocycles. The molecule has 0 spiro atoms. The molecule has 13 heteroatoms. The number of thiazole rings is 1. The van der Waals surface area contributed by atoms with Crippen molar-refractivity contribution in [2.45, 2.75) is 31.9 Å². The number of aliphatic carboxylic acids is 1. The maximum atomic E-state index is 12.9. The van der Waals surface area contributed by atoms with Crippen LogP contribution >= 0.6 is 34.3 Å². The number of halogens is 1. The quantitative estimate of drug-likeness (QED) is 0.418. The standard InChI is InChI=1S/C24H27ClN6O4S2/c1-35-16-4-5-30(11-16)12-19-21(18-8-15(25)13-36-18)28-24(37-19)29-22(32)17-9-27-20(10-26-17)31-6-2-14(3-7-31)23(33)34/h8-10,13-14,16H,2-7,11-12H2,1H3,(H,33,34)(H,28,29,32)/t16-/m1/s1. The Bertz CT molecular complexity index is 1260. The van der Waals surface area contributed by atoms with Crippen molar-refractivity contribution in [2.75, 3.05) is 43.5 Å². The highest BCUT2D eigenvalue weighted by molar-refractivity contribution is 7.17. The number of carboxylic acid groups (broad SMARTS) is 1. The van der Waals surface area contributed by atoms with E-state index >= 15 is 0 Å². The molecule has 3 aromatic heterocycles. The molecule has 2 fully saturated rings. The van der Waals surface area contributed by atoms with Crippen LogP contribution < -0.4 is 10.2 Å². The zero-order valence-electron chi connectivity index (χ0n) is 20.2. The van der Waals surface area contributed by atoms with Crippen molar-refractivity contribution in [1.29, 1.82) is 0 Å². The Morgan fingerprint density at radius 2 is 2.03 bits per heavy atom. The van der Waals surface area contributed by atoms with E-state index in [0.29, 0.717) is 48.4 Å². The third-order valence-corrected chi connectivity index (χ3v) is 8.93. The summed E-state index contributed by atoms with van der Waals surface area (Å²) in [5.74, 6) is -0.832. The molecule has 0 aliphatic carbocycles. The lowest BCUT2D eigenvalue weighted by Gasteiger charge is -2.30. The van der Waals surface area contributed by atoms with E-state index in [1.54, 1.807) is 13.3 Å². The molecule has 5 rings (SSSR count). The number of piperidine rings is 1. The number of hydrogen-bond donors (Lipinski definition) is 2. The number of hydrogen-bond acceptors (Lipinski definition) is 10. The molecule has 2 aliphatic rings. The number of nitrogens with zero attached hydrogens (tertiary/aromatic N) is 5. The Hall–Kier alpha value is -2.64. The van der Waals surface area contributed by atoms with Gasteiger partial charge in [-0.1, -0.05) is 22.9 Å². The van der Waals surface area contributed by atoms with E-state index < -0.39 is 5.97 Å². The van der Waals surface area contributed by atoms with E-state index in [-0.39, 0.29) is 23.6 Å². The monoisotopic (exact) mass is 562 g/mol. The van der Waals surface area contributed by atoms with E-state index in [4.69, 9.17) is 21.3 Å². The van der Waals surface area contributed by atoms with Crippen molar-refractivity contribution in [3.05, 3.63) is 39.4 Å². The predicted molar refractivity (Wildman–Crippen MR) is 144 cm³/mol. The van der Waals surface area contributed by atoms with Crippen molar-refractivity contribution in [3.63, 3.8) is 0 Å². The molecule has 37 heavy (non-hydrogen) atoms. The second-order valence-electron chi connectivity index (χ2n) is 9.11. The number of methoxy groups -OCH3 is 1. The van der Waals surface area contributed by atoms with Gasteiger partial charge >= 0.3 is 5.97 Å². The molecule has 196 valence electrons. The number of anilines is 2. The topological polar surface area (TPSA) is 121 Å². The van der Waals surface area contributed by atoms with Gasteiger partial charge in [0, 0.05) is 50.1 Å². The van der Waals surface area contributed by atoms with Gasteiger partial charge in [-0.3, -0.25) is 19.8 Å². The van der Waals surface area contributed by atoms with E-state index in [9.17, 15) is 14.7 Å². The molecule has 2 saturated heterocycles. The van der Waals surface area contributed by atoms with Crippen LogP contribution in [-0.4, -0.2) is 76.2 Å². The Morgan fingerprint density at radius 3 is 2.65 bits per heavy atom. The molecule has 1 atom stereocenters. The van der Waals surface area contributed by atoms with E-state index in [0.717, 1.165) is 35.0 Å². The first-order valence-electron chi connectivity index (χ1n) is 12.0. The number of rotatable bonds is 8. The van der Waals surface area contributed by atoms with Crippen LogP contribution in [0.2, 0.25) is 5.02 Å². The number of aromatic nitrogens is 3. The summed E-state index contributed by atoms with van der Waals surface area (Å²) in [5, 5.41) is 15.1. The van der Waals surface area contributed by atoms with Gasteiger partial charge in [0.2, 0.25) is 0 Å². The van der Waals surface area contributed by atoms with E-state index in [1.165, 1.54) is 28.9 Å². The maximum absolute atomic E-state index is 12.9. The molecule has 5 heterocycles. The van der Waals surface area contributed by atoms with Crippen molar-refractivity contribution < 1.29 is 19.4 Å². The summed E-state index contributed by atoms with van der Waals surface area (Å²) in [7, 11) is 1.74. The van der Waals surface area contributed by atoms with Gasteiger partial charge in [0.15, 0.2) is 5.13 Å². The number of amides is 1. The molecular formula is C24H27ClN6O4S2. The number of carboxylic acids is 1. The minimum Gasteiger partial charge on any atom is -0.481 e. The van der Waals surface area contributed by atoms with Crippen LogP contribution in [0.25, 0.3) is 10.6 Å². The molecule has 0 unspecified atom stereocenters. The van der Waals surface area contributed by atoms with Gasteiger partial charge < -0.3 is 14.7 Å². The minimum atomic E-state index is -0.756. The normalized spacial score (nSPS) is 18.9. The van der Waals surface area contributed by atoms with Crippen LogP contribution in [0.4, 0.5) is 10.9 Å². The zero-order chi connectivity index (χ0) is 25.9. The largest absolute Gasteiger partial charge is 0.481 e. The SMILES string of the molecule is CO[C@@H]1CCN(Cc2sc(NC(=O)c3cnc(N4CCC(C(=O)O)CC4)cn3)nc2-c2cc(Cl)cs2)C1. The molecular weight excluding hydrogens is 536 g/mol. The molecule has 0 radical (unpaired) electrons. The third kappa shape index (κ3) is 6.10. The van der Waals surface area contributed by atoms with Crippen LogP contribution in [0.3, 0.4) is 0 Å². The first-order chi connectivity index (χ1) is 17.9. The number of ether oxygens (including phenoxy) is 1. The summed E-state index contributed by atoms with van der Waals surface area (Å²) < 4.78 is 5.50. The average Bonchev–Trinajstić information content (AvgIpc) is 3.64. The molecule has 0 bridgehead atoms. The lowest BCUT2D eigenvalue weighted by molar-refractivity contribution is -0.142.